The van der Waals surface area contributed by atoms with Crippen molar-refractivity contribution in [1.82, 2.24) is 5.32 Å². The number of carbonyl (C=O) groups is 3. The molecule has 4 atom stereocenters. The average molecular weight is 437 g/mol. The monoisotopic (exact) mass is 437 g/mol. The summed E-state index contributed by atoms with van der Waals surface area (Å²) in [5, 5.41) is 42.4. The summed E-state index contributed by atoms with van der Waals surface area (Å²) in [5.74, 6) is -2.77. The molecule has 5 N–H and O–H groups in total. The van der Waals surface area contributed by atoms with Gasteiger partial charge in [0, 0.05) is 25.8 Å². The Labute approximate surface area is 179 Å². The number of carboxylic acids is 1. The lowest BCUT2D eigenvalue weighted by molar-refractivity contribution is -0.184. The van der Waals surface area contributed by atoms with E-state index in [4.69, 9.17) is 9.47 Å². The van der Waals surface area contributed by atoms with Gasteiger partial charge >= 0.3 is 11.9 Å². The van der Waals surface area contributed by atoms with Gasteiger partial charge in [0.25, 0.3) is 0 Å². The molecule has 0 heterocycles. The van der Waals surface area contributed by atoms with Crippen LogP contribution in [0.5, 0.6) is 11.5 Å². The zero-order chi connectivity index (χ0) is 23.2. The zero-order valence-electron chi connectivity index (χ0n) is 17.3. The van der Waals surface area contributed by atoms with Crippen LogP contribution in [-0.2, 0) is 19.1 Å². The van der Waals surface area contributed by atoms with E-state index < -0.39 is 54.5 Å². The van der Waals surface area contributed by atoms with Crippen molar-refractivity contribution in [3.8, 4) is 11.5 Å². The van der Waals surface area contributed by atoms with Crippen molar-refractivity contribution in [3.63, 3.8) is 0 Å². The number of aliphatic hydroxyl groups excluding tert-OH is 1. The highest BCUT2D eigenvalue weighted by Gasteiger charge is 2.51. The van der Waals surface area contributed by atoms with Gasteiger partial charge in [0.05, 0.1) is 12.6 Å². The number of aliphatic carboxylic acids is 1. The second-order valence-electron chi connectivity index (χ2n) is 7.43. The summed E-state index contributed by atoms with van der Waals surface area (Å²) in [6.45, 7) is 3.55. The Kier molecular flexibility index (Phi) is 8.01. The molecular formula is C21H27NO9. The molecule has 2 rings (SSSR count). The van der Waals surface area contributed by atoms with Crippen LogP contribution in [0.4, 0.5) is 0 Å². The molecule has 31 heavy (non-hydrogen) atoms. The number of nitrogens with one attached hydrogen (secondary N) is 1. The smallest absolute Gasteiger partial charge is 0.335 e. The molecule has 0 bridgehead atoms. The van der Waals surface area contributed by atoms with Crippen molar-refractivity contribution >= 4 is 23.9 Å². The molecule has 0 radical (unpaired) electrons. The topological polar surface area (TPSA) is 163 Å². The van der Waals surface area contributed by atoms with E-state index in [-0.39, 0.29) is 5.75 Å². The Morgan fingerprint density at radius 1 is 1.29 bits per heavy atom. The summed E-state index contributed by atoms with van der Waals surface area (Å²) in [6.07, 6.45) is -0.560. The predicted octanol–water partition coefficient (Wildman–Crippen LogP) is 0.581. The molecule has 1 saturated carbocycles. The highest BCUT2D eigenvalue weighted by molar-refractivity contribution is 5.87. The first-order chi connectivity index (χ1) is 14.6. The number of ether oxygens (including phenoxy) is 2. The molecule has 1 aliphatic carbocycles. The van der Waals surface area contributed by atoms with Crippen LogP contribution in [0.1, 0.15) is 38.7 Å². The Hall–Kier alpha value is -3.11. The SMILES string of the molecule is CCCOc1ccc(/C=C/C(=O)O[C@H]2C[C@](O)(C(=O)O)CC(NC(C)=O)[C@H]2O)cc1O. The fourth-order valence-electron chi connectivity index (χ4n) is 3.29. The lowest BCUT2D eigenvalue weighted by atomic mass is 9.78. The van der Waals surface area contributed by atoms with Gasteiger partial charge in [-0.3, -0.25) is 4.79 Å². The Bertz CT molecular complexity index is 853. The normalized spacial score (nSPS) is 25.7. The summed E-state index contributed by atoms with van der Waals surface area (Å²) in [7, 11) is 0. The molecule has 1 amide bonds. The van der Waals surface area contributed by atoms with Crippen LogP contribution in [0, 0.1) is 0 Å². The molecule has 1 aromatic rings. The number of hydrogen-bond donors (Lipinski definition) is 5. The van der Waals surface area contributed by atoms with Crippen LogP contribution in [0.2, 0.25) is 0 Å². The first-order valence-electron chi connectivity index (χ1n) is 9.81. The largest absolute Gasteiger partial charge is 0.504 e. The van der Waals surface area contributed by atoms with E-state index in [1.807, 2.05) is 6.92 Å². The number of amides is 1. The average Bonchev–Trinajstić information content (AvgIpc) is 2.68. The lowest BCUT2D eigenvalue weighted by Crippen LogP contribution is -2.61. The molecular weight excluding hydrogens is 410 g/mol. The third-order valence-corrected chi connectivity index (χ3v) is 4.80. The van der Waals surface area contributed by atoms with Crippen LogP contribution in [0.15, 0.2) is 24.3 Å². The predicted molar refractivity (Wildman–Crippen MR) is 108 cm³/mol. The van der Waals surface area contributed by atoms with Crippen molar-refractivity contribution < 1.29 is 44.3 Å². The fourth-order valence-corrected chi connectivity index (χ4v) is 3.29. The maximum atomic E-state index is 12.2. The Morgan fingerprint density at radius 2 is 2.00 bits per heavy atom. The van der Waals surface area contributed by atoms with Crippen LogP contribution < -0.4 is 10.1 Å². The number of phenols is 1. The number of phenolic OH excluding ortho intramolecular Hbond substituents is 1. The number of carbonyl (C=O) groups excluding carboxylic acids is 2. The van der Waals surface area contributed by atoms with Crippen LogP contribution in [0.25, 0.3) is 6.08 Å². The van der Waals surface area contributed by atoms with Gasteiger partial charge < -0.3 is 35.2 Å². The molecule has 0 aliphatic heterocycles. The first kappa shape index (κ1) is 24.2. The minimum absolute atomic E-state index is 0.101. The van der Waals surface area contributed by atoms with Crippen LogP contribution in [0.3, 0.4) is 0 Å². The van der Waals surface area contributed by atoms with Gasteiger partial charge in [-0.15, -0.1) is 0 Å². The van der Waals surface area contributed by atoms with Crippen LogP contribution >= 0.6 is 0 Å². The molecule has 170 valence electrons. The number of esters is 1. The Morgan fingerprint density at radius 3 is 2.58 bits per heavy atom. The third kappa shape index (κ3) is 6.43. The van der Waals surface area contributed by atoms with Crippen molar-refractivity contribution in [2.24, 2.45) is 0 Å². The summed E-state index contributed by atoms with van der Waals surface area (Å²) in [4.78, 5) is 35.0. The molecule has 1 aromatic carbocycles. The molecule has 0 saturated heterocycles. The van der Waals surface area contributed by atoms with Gasteiger partial charge in [-0.2, -0.15) is 0 Å². The molecule has 1 unspecified atom stereocenters. The molecule has 0 spiro atoms. The van der Waals surface area contributed by atoms with E-state index in [9.17, 15) is 34.8 Å². The van der Waals surface area contributed by atoms with Gasteiger partial charge in [0.15, 0.2) is 17.1 Å². The maximum absolute atomic E-state index is 12.2. The lowest BCUT2D eigenvalue weighted by Gasteiger charge is -2.41. The molecule has 1 aliphatic rings. The van der Waals surface area contributed by atoms with E-state index in [0.29, 0.717) is 17.9 Å². The van der Waals surface area contributed by atoms with Gasteiger partial charge in [0.1, 0.15) is 12.2 Å². The number of hydrogen-bond acceptors (Lipinski definition) is 8. The number of rotatable bonds is 8. The first-order valence-corrected chi connectivity index (χ1v) is 9.81. The van der Waals surface area contributed by atoms with Crippen molar-refractivity contribution in [1.29, 1.82) is 0 Å². The second-order valence-corrected chi connectivity index (χ2v) is 7.43. The number of benzene rings is 1. The molecule has 0 aromatic heterocycles. The van der Waals surface area contributed by atoms with Crippen LogP contribution in [-0.4, -0.2) is 68.7 Å². The molecule has 1 fully saturated rings. The van der Waals surface area contributed by atoms with E-state index in [0.717, 1.165) is 12.5 Å². The minimum atomic E-state index is -2.28. The number of carboxylic acid groups (broad SMARTS) is 1. The standard InChI is InChI=1S/C21H27NO9/c1-3-8-30-16-6-4-13(9-15(16)24)5-7-18(25)31-17-11-21(29,20(27)28)10-14(19(17)26)22-12(2)23/h4-7,9,14,17,19,24,26,29H,3,8,10-11H2,1-2H3,(H,22,23)(H,27,28)/b7-5+/t14?,17-,19+,21-/m0/s1. The number of aliphatic hydroxyl groups is 2. The number of aromatic hydroxyl groups is 1. The quantitative estimate of drug-likeness (QED) is 0.289. The highest BCUT2D eigenvalue weighted by atomic mass is 16.6. The van der Waals surface area contributed by atoms with Gasteiger partial charge in [-0.1, -0.05) is 13.0 Å². The zero-order valence-corrected chi connectivity index (χ0v) is 17.3. The van der Waals surface area contributed by atoms with Gasteiger partial charge in [-0.25, -0.2) is 9.59 Å². The van der Waals surface area contributed by atoms with E-state index >= 15 is 0 Å². The van der Waals surface area contributed by atoms with E-state index in [2.05, 4.69) is 5.32 Å². The summed E-state index contributed by atoms with van der Waals surface area (Å²) in [5.41, 5.74) is -1.80. The molecule has 10 nitrogen and oxygen atoms in total. The van der Waals surface area contributed by atoms with Crippen molar-refractivity contribution in [2.45, 2.75) is 57.0 Å². The summed E-state index contributed by atoms with van der Waals surface area (Å²) in [6, 6.07) is 3.44. The summed E-state index contributed by atoms with van der Waals surface area (Å²) < 4.78 is 10.5. The Balaban J connectivity index is 2.09. The van der Waals surface area contributed by atoms with Crippen molar-refractivity contribution in [3.05, 3.63) is 29.8 Å². The summed E-state index contributed by atoms with van der Waals surface area (Å²) >= 11 is 0. The fraction of sp³-hybridized carbons (Fsp3) is 0.476. The van der Waals surface area contributed by atoms with E-state index in [1.165, 1.54) is 19.1 Å². The van der Waals surface area contributed by atoms with Crippen molar-refractivity contribution in [2.75, 3.05) is 6.61 Å². The molecule has 10 heteroatoms. The minimum Gasteiger partial charge on any atom is -0.504 e. The van der Waals surface area contributed by atoms with E-state index in [1.54, 1.807) is 12.1 Å². The highest BCUT2D eigenvalue weighted by Crippen LogP contribution is 2.32. The van der Waals surface area contributed by atoms with Gasteiger partial charge in [-0.05, 0) is 30.2 Å². The maximum Gasteiger partial charge on any atom is 0.335 e. The third-order valence-electron chi connectivity index (χ3n) is 4.80. The second kappa shape index (κ2) is 10.3. The van der Waals surface area contributed by atoms with Gasteiger partial charge in [0.2, 0.25) is 5.91 Å².